The maximum Gasteiger partial charge on any atom is 0.321 e. The van der Waals surface area contributed by atoms with Gasteiger partial charge in [-0.05, 0) is 50.8 Å². The van der Waals surface area contributed by atoms with Crippen LogP contribution in [0, 0.1) is 13.8 Å². The van der Waals surface area contributed by atoms with Crippen molar-refractivity contribution >= 4 is 34.6 Å². The molecule has 6 heteroatoms. The molecule has 1 atom stereocenters. The van der Waals surface area contributed by atoms with Crippen LogP contribution in [0.15, 0.2) is 29.3 Å². The first-order valence-electron chi connectivity index (χ1n) is 8.09. The zero-order chi connectivity index (χ0) is 17.3. The zero-order valence-electron chi connectivity index (χ0n) is 14.1. The third-order valence-electron chi connectivity index (χ3n) is 4.04. The monoisotopic (exact) mass is 343 g/mol. The average Bonchev–Trinajstić information content (AvgIpc) is 3.32. The van der Waals surface area contributed by atoms with E-state index in [1.54, 1.807) is 6.92 Å². The van der Waals surface area contributed by atoms with Crippen LogP contribution in [0.25, 0.3) is 10.9 Å². The molecule has 1 heterocycles. The highest BCUT2D eigenvalue weighted by molar-refractivity contribution is 8.00. The third kappa shape index (κ3) is 3.87. The molecule has 1 aromatic carbocycles. The number of hydrogen-bond acceptors (Lipinski definition) is 4. The molecule has 1 aromatic heterocycles. The van der Waals surface area contributed by atoms with Crippen molar-refractivity contribution in [3.05, 3.63) is 35.4 Å². The molecule has 0 unspecified atom stereocenters. The van der Waals surface area contributed by atoms with Gasteiger partial charge in [0.05, 0.1) is 15.8 Å². The van der Waals surface area contributed by atoms with E-state index in [1.807, 2.05) is 32.0 Å². The Morgan fingerprint density at radius 3 is 2.71 bits per heavy atom. The number of hydrogen-bond donors (Lipinski definition) is 2. The van der Waals surface area contributed by atoms with Crippen molar-refractivity contribution in [1.82, 2.24) is 15.6 Å². The van der Waals surface area contributed by atoms with E-state index in [2.05, 4.69) is 21.7 Å². The molecule has 0 aliphatic heterocycles. The molecular weight excluding hydrogens is 322 g/mol. The number of urea groups is 1. The van der Waals surface area contributed by atoms with Gasteiger partial charge in [0.15, 0.2) is 0 Å². The lowest BCUT2D eigenvalue weighted by atomic mass is 10.1. The zero-order valence-corrected chi connectivity index (χ0v) is 14.9. The number of rotatable bonds is 4. The highest BCUT2D eigenvalue weighted by atomic mass is 32.2. The van der Waals surface area contributed by atoms with E-state index in [1.165, 1.54) is 11.8 Å². The summed E-state index contributed by atoms with van der Waals surface area (Å²) in [6.45, 7) is 5.85. The van der Waals surface area contributed by atoms with E-state index in [-0.39, 0.29) is 11.9 Å². The van der Waals surface area contributed by atoms with Crippen LogP contribution in [0.2, 0.25) is 0 Å². The second-order valence-corrected chi connectivity index (χ2v) is 7.61. The van der Waals surface area contributed by atoms with E-state index in [0.29, 0.717) is 0 Å². The molecule has 24 heavy (non-hydrogen) atoms. The first-order valence-corrected chi connectivity index (χ1v) is 8.97. The molecule has 2 aromatic rings. The van der Waals surface area contributed by atoms with E-state index < -0.39 is 11.3 Å². The first-order chi connectivity index (χ1) is 11.4. The fraction of sp³-hybridized carbons (Fsp3) is 0.389. The Morgan fingerprint density at radius 1 is 1.25 bits per heavy atom. The number of carbonyl (C=O) groups excluding carboxylic acids is 2. The molecule has 1 saturated carbocycles. The smallest absolute Gasteiger partial charge is 0.321 e. The van der Waals surface area contributed by atoms with Crippen molar-refractivity contribution in [3.8, 4) is 0 Å². The number of aryl methyl sites for hydroxylation is 2. The second kappa shape index (κ2) is 6.81. The van der Waals surface area contributed by atoms with Crippen LogP contribution in [0.1, 0.15) is 30.9 Å². The summed E-state index contributed by atoms with van der Waals surface area (Å²) in [6.07, 6.45) is 1.98. The van der Waals surface area contributed by atoms with Crippen LogP contribution in [0.5, 0.6) is 0 Å². The molecule has 2 N–H and O–H groups in total. The summed E-state index contributed by atoms with van der Waals surface area (Å²) < 4.78 is 0. The Morgan fingerprint density at radius 2 is 2.00 bits per heavy atom. The minimum atomic E-state index is -0.409. The van der Waals surface area contributed by atoms with Crippen LogP contribution in [0.3, 0.4) is 0 Å². The normalized spacial score (nSPS) is 15.1. The molecule has 1 aliphatic carbocycles. The molecule has 0 bridgehead atoms. The lowest BCUT2D eigenvalue weighted by Gasteiger charge is -2.13. The SMILES string of the molecule is Cc1cc(S[C@H](C)C(=O)NC(=O)NC2CC2)nc2c(C)cccc12. The lowest BCUT2D eigenvalue weighted by molar-refractivity contribution is -0.119. The van der Waals surface area contributed by atoms with Crippen molar-refractivity contribution in [2.24, 2.45) is 0 Å². The summed E-state index contributed by atoms with van der Waals surface area (Å²) in [5, 5.41) is 6.66. The number of thioether (sulfide) groups is 1. The van der Waals surface area contributed by atoms with Gasteiger partial charge in [-0.25, -0.2) is 9.78 Å². The summed E-state index contributed by atoms with van der Waals surface area (Å²) in [5.41, 5.74) is 3.20. The number of nitrogens with zero attached hydrogens (tertiary/aromatic N) is 1. The van der Waals surface area contributed by atoms with Crippen molar-refractivity contribution in [1.29, 1.82) is 0 Å². The maximum absolute atomic E-state index is 12.2. The van der Waals surface area contributed by atoms with Gasteiger partial charge in [-0.1, -0.05) is 30.0 Å². The summed E-state index contributed by atoms with van der Waals surface area (Å²) >= 11 is 1.36. The van der Waals surface area contributed by atoms with Gasteiger partial charge in [0, 0.05) is 11.4 Å². The number of fused-ring (bicyclic) bond motifs is 1. The van der Waals surface area contributed by atoms with Gasteiger partial charge in [0.2, 0.25) is 5.91 Å². The molecule has 5 nitrogen and oxygen atoms in total. The molecule has 0 radical (unpaired) electrons. The molecule has 126 valence electrons. The Bertz CT molecular complexity index is 802. The largest absolute Gasteiger partial charge is 0.335 e. The highest BCUT2D eigenvalue weighted by Gasteiger charge is 2.25. The van der Waals surface area contributed by atoms with Crippen LogP contribution in [-0.2, 0) is 4.79 Å². The van der Waals surface area contributed by atoms with Crippen molar-refractivity contribution in [2.75, 3.05) is 0 Å². The highest BCUT2D eigenvalue weighted by Crippen LogP contribution is 2.28. The number of benzene rings is 1. The number of aromatic nitrogens is 1. The van der Waals surface area contributed by atoms with E-state index >= 15 is 0 Å². The van der Waals surface area contributed by atoms with Gasteiger partial charge in [-0.15, -0.1) is 0 Å². The Kier molecular flexibility index (Phi) is 4.76. The molecule has 1 fully saturated rings. The quantitative estimate of drug-likeness (QED) is 0.836. The number of pyridine rings is 1. The number of nitrogens with one attached hydrogen (secondary N) is 2. The van der Waals surface area contributed by atoms with E-state index in [4.69, 9.17) is 0 Å². The van der Waals surface area contributed by atoms with Gasteiger partial charge >= 0.3 is 6.03 Å². The number of para-hydroxylation sites is 1. The van der Waals surface area contributed by atoms with Gasteiger partial charge < -0.3 is 5.32 Å². The fourth-order valence-corrected chi connectivity index (χ4v) is 3.41. The standard InChI is InChI=1S/C18H21N3O2S/c1-10-5-4-6-14-11(2)9-15(20-16(10)14)24-12(3)17(22)21-18(23)19-13-7-8-13/h4-6,9,12-13H,7-8H2,1-3H3,(H2,19,21,22,23)/t12-/m1/s1. The molecule has 3 rings (SSSR count). The van der Waals surface area contributed by atoms with Crippen molar-refractivity contribution in [2.45, 2.75) is 49.9 Å². The van der Waals surface area contributed by atoms with E-state index in [9.17, 15) is 9.59 Å². The number of imide groups is 1. The first kappa shape index (κ1) is 16.8. The summed E-state index contributed by atoms with van der Waals surface area (Å²) in [5.74, 6) is -0.303. The van der Waals surface area contributed by atoms with E-state index in [0.717, 1.165) is 39.9 Å². The third-order valence-corrected chi connectivity index (χ3v) is 5.06. The summed E-state index contributed by atoms with van der Waals surface area (Å²) in [7, 11) is 0. The number of amides is 3. The average molecular weight is 343 g/mol. The van der Waals surface area contributed by atoms with Crippen molar-refractivity contribution < 1.29 is 9.59 Å². The van der Waals surface area contributed by atoms with Gasteiger partial charge in [-0.3, -0.25) is 10.1 Å². The molecule has 0 saturated heterocycles. The minimum Gasteiger partial charge on any atom is -0.335 e. The van der Waals surface area contributed by atoms with Crippen LogP contribution >= 0.6 is 11.8 Å². The topological polar surface area (TPSA) is 71.1 Å². The summed E-state index contributed by atoms with van der Waals surface area (Å²) in [4.78, 5) is 28.5. The van der Waals surface area contributed by atoms with Crippen LogP contribution in [0.4, 0.5) is 4.79 Å². The fourth-order valence-electron chi connectivity index (χ4n) is 2.49. The Balaban J connectivity index is 1.70. The van der Waals surface area contributed by atoms with Gasteiger partial charge in [0.25, 0.3) is 0 Å². The molecule has 0 spiro atoms. The minimum absolute atomic E-state index is 0.230. The Labute approximate surface area is 145 Å². The predicted octanol–water partition coefficient (Wildman–Crippen LogP) is 3.32. The summed E-state index contributed by atoms with van der Waals surface area (Å²) in [6, 6.07) is 7.91. The molecular formula is C18H21N3O2S. The number of carbonyl (C=O) groups is 2. The molecule has 1 aliphatic rings. The second-order valence-electron chi connectivity index (χ2n) is 6.25. The Hall–Kier alpha value is -2.08. The molecule has 3 amide bonds. The maximum atomic E-state index is 12.2. The van der Waals surface area contributed by atoms with Gasteiger partial charge in [0.1, 0.15) is 0 Å². The predicted molar refractivity (Wildman–Crippen MR) is 96.2 cm³/mol. The van der Waals surface area contributed by atoms with Crippen molar-refractivity contribution in [3.63, 3.8) is 0 Å². The van der Waals surface area contributed by atoms with Crippen LogP contribution in [-0.4, -0.2) is 28.2 Å². The lowest BCUT2D eigenvalue weighted by Crippen LogP contribution is -2.43. The van der Waals surface area contributed by atoms with Crippen LogP contribution < -0.4 is 10.6 Å². The van der Waals surface area contributed by atoms with Gasteiger partial charge in [-0.2, -0.15) is 0 Å².